The van der Waals surface area contributed by atoms with Crippen LogP contribution in [0.25, 0.3) is 0 Å². The Morgan fingerprint density at radius 1 is 1.56 bits per heavy atom. The topological polar surface area (TPSA) is 46.3 Å². The lowest BCUT2D eigenvalue weighted by molar-refractivity contribution is -0.118. The van der Waals surface area contributed by atoms with Crippen LogP contribution in [0.5, 0.6) is 0 Å². The van der Waals surface area contributed by atoms with E-state index in [-0.39, 0.29) is 5.91 Å². The molecule has 4 heteroatoms. The van der Waals surface area contributed by atoms with E-state index < -0.39 is 0 Å². The standard InChI is InChI=1S/C12H16N2OS/c1-9-2-3-11-10(8-9)14(6-7-16-11)12(15)4-5-13/h2-3,8H,4-7,13H2,1H3. The fourth-order valence-electron chi connectivity index (χ4n) is 1.85. The molecule has 1 aromatic carbocycles. The SMILES string of the molecule is Cc1ccc2c(c1)N(C(=O)CCN)CCS2. The molecule has 1 aromatic rings. The normalized spacial score (nSPS) is 14.8. The largest absolute Gasteiger partial charge is 0.330 e. The van der Waals surface area contributed by atoms with Crippen molar-refractivity contribution in [2.24, 2.45) is 5.73 Å². The van der Waals surface area contributed by atoms with E-state index in [9.17, 15) is 4.79 Å². The number of amides is 1. The molecule has 86 valence electrons. The molecule has 2 N–H and O–H groups in total. The minimum Gasteiger partial charge on any atom is -0.330 e. The highest BCUT2D eigenvalue weighted by Gasteiger charge is 2.22. The number of aryl methyl sites for hydroxylation is 1. The summed E-state index contributed by atoms with van der Waals surface area (Å²) >= 11 is 1.81. The quantitative estimate of drug-likeness (QED) is 0.851. The van der Waals surface area contributed by atoms with Crippen LogP contribution in [-0.2, 0) is 4.79 Å². The number of carbonyl (C=O) groups excluding carboxylic acids is 1. The van der Waals surface area contributed by atoms with E-state index in [1.807, 2.05) is 23.6 Å². The molecule has 0 spiro atoms. The van der Waals surface area contributed by atoms with Crippen LogP contribution < -0.4 is 10.6 Å². The molecule has 0 radical (unpaired) electrons. The first kappa shape index (κ1) is 11.5. The lowest BCUT2D eigenvalue weighted by Crippen LogP contribution is -2.36. The second kappa shape index (κ2) is 4.89. The summed E-state index contributed by atoms with van der Waals surface area (Å²) < 4.78 is 0. The average Bonchev–Trinajstić information content (AvgIpc) is 2.28. The number of rotatable bonds is 2. The van der Waals surface area contributed by atoms with E-state index in [1.54, 1.807) is 0 Å². The van der Waals surface area contributed by atoms with Crippen molar-refractivity contribution in [3.8, 4) is 0 Å². The van der Waals surface area contributed by atoms with Gasteiger partial charge in [0.25, 0.3) is 0 Å². The molecule has 3 nitrogen and oxygen atoms in total. The third-order valence-electron chi connectivity index (χ3n) is 2.64. The van der Waals surface area contributed by atoms with Gasteiger partial charge in [0.2, 0.25) is 5.91 Å². The summed E-state index contributed by atoms with van der Waals surface area (Å²) in [6, 6.07) is 6.26. The van der Waals surface area contributed by atoms with Crippen molar-refractivity contribution >= 4 is 23.4 Å². The first-order valence-electron chi connectivity index (χ1n) is 5.46. The first-order valence-corrected chi connectivity index (χ1v) is 6.45. The number of nitrogens with zero attached hydrogens (tertiary/aromatic N) is 1. The van der Waals surface area contributed by atoms with E-state index in [1.165, 1.54) is 10.5 Å². The van der Waals surface area contributed by atoms with Crippen LogP contribution >= 0.6 is 11.8 Å². The molecular formula is C12H16N2OS. The predicted molar refractivity (Wildman–Crippen MR) is 67.9 cm³/mol. The Balaban J connectivity index is 2.31. The molecule has 16 heavy (non-hydrogen) atoms. The van der Waals surface area contributed by atoms with E-state index in [4.69, 9.17) is 5.73 Å². The highest BCUT2D eigenvalue weighted by atomic mass is 32.2. The maximum Gasteiger partial charge on any atom is 0.228 e. The van der Waals surface area contributed by atoms with Gasteiger partial charge in [-0.15, -0.1) is 11.8 Å². The van der Waals surface area contributed by atoms with Crippen LogP contribution in [0.4, 0.5) is 5.69 Å². The van der Waals surface area contributed by atoms with Crippen LogP contribution in [0.2, 0.25) is 0 Å². The molecule has 0 saturated heterocycles. The van der Waals surface area contributed by atoms with Crippen molar-refractivity contribution in [3.05, 3.63) is 23.8 Å². The summed E-state index contributed by atoms with van der Waals surface area (Å²) in [7, 11) is 0. The van der Waals surface area contributed by atoms with E-state index in [2.05, 4.69) is 18.2 Å². The fourth-order valence-corrected chi connectivity index (χ4v) is 2.82. The van der Waals surface area contributed by atoms with Crippen LogP contribution in [-0.4, -0.2) is 24.7 Å². The number of hydrogen-bond acceptors (Lipinski definition) is 3. The Morgan fingerprint density at radius 3 is 3.12 bits per heavy atom. The maximum absolute atomic E-state index is 11.9. The number of fused-ring (bicyclic) bond motifs is 1. The monoisotopic (exact) mass is 236 g/mol. The number of benzene rings is 1. The third-order valence-corrected chi connectivity index (χ3v) is 3.68. The molecule has 0 aromatic heterocycles. The van der Waals surface area contributed by atoms with Gasteiger partial charge in [0.1, 0.15) is 0 Å². The second-order valence-corrected chi connectivity index (χ2v) is 5.04. The molecule has 1 amide bonds. The number of anilines is 1. The third kappa shape index (κ3) is 2.23. The van der Waals surface area contributed by atoms with Crippen LogP contribution in [0.15, 0.2) is 23.1 Å². The molecule has 1 heterocycles. The van der Waals surface area contributed by atoms with Gasteiger partial charge < -0.3 is 10.6 Å². The zero-order valence-corrected chi connectivity index (χ0v) is 10.2. The van der Waals surface area contributed by atoms with E-state index >= 15 is 0 Å². The van der Waals surface area contributed by atoms with Crippen LogP contribution in [0.1, 0.15) is 12.0 Å². The smallest absolute Gasteiger partial charge is 0.228 e. The van der Waals surface area contributed by atoms with Crippen molar-refractivity contribution in [1.29, 1.82) is 0 Å². The van der Waals surface area contributed by atoms with Crippen molar-refractivity contribution < 1.29 is 4.79 Å². The number of hydrogen-bond donors (Lipinski definition) is 1. The zero-order valence-electron chi connectivity index (χ0n) is 9.40. The molecule has 0 unspecified atom stereocenters. The van der Waals surface area contributed by atoms with Crippen molar-refractivity contribution in [1.82, 2.24) is 0 Å². The average molecular weight is 236 g/mol. The molecular weight excluding hydrogens is 220 g/mol. The van der Waals surface area contributed by atoms with Gasteiger partial charge in [0.05, 0.1) is 5.69 Å². The van der Waals surface area contributed by atoms with Gasteiger partial charge in [-0.05, 0) is 24.6 Å². The molecule has 0 bridgehead atoms. The van der Waals surface area contributed by atoms with Gasteiger partial charge in [-0.25, -0.2) is 0 Å². The highest BCUT2D eigenvalue weighted by molar-refractivity contribution is 7.99. The van der Waals surface area contributed by atoms with Gasteiger partial charge in [-0.1, -0.05) is 6.07 Å². The first-order chi connectivity index (χ1) is 7.72. The van der Waals surface area contributed by atoms with Crippen molar-refractivity contribution in [2.45, 2.75) is 18.2 Å². The molecule has 0 atom stereocenters. The highest BCUT2D eigenvalue weighted by Crippen LogP contribution is 2.35. The molecule has 2 rings (SSSR count). The van der Waals surface area contributed by atoms with E-state index in [0.717, 1.165) is 18.0 Å². The molecule has 0 aliphatic carbocycles. The summed E-state index contributed by atoms with van der Waals surface area (Å²) in [5.74, 6) is 1.10. The minimum atomic E-state index is 0.134. The number of carbonyl (C=O) groups is 1. The molecule has 1 aliphatic heterocycles. The van der Waals surface area contributed by atoms with Gasteiger partial charge in [0, 0.05) is 30.2 Å². The van der Waals surface area contributed by atoms with Crippen LogP contribution in [0, 0.1) is 6.92 Å². The van der Waals surface area contributed by atoms with E-state index in [0.29, 0.717) is 13.0 Å². The Labute approximate surface area is 100.0 Å². The summed E-state index contributed by atoms with van der Waals surface area (Å²) in [5, 5.41) is 0. The lowest BCUT2D eigenvalue weighted by atomic mass is 10.2. The lowest BCUT2D eigenvalue weighted by Gasteiger charge is -2.29. The summed E-state index contributed by atoms with van der Waals surface area (Å²) in [6.45, 7) is 3.26. The van der Waals surface area contributed by atoms with Crippen molar-refractivity contribution in [2.75, 3.05) is 23.7 Å². The Morgan fingerprint density at radius 2 is 2.38 bits per heavy atom. The summed E-state index contributed by atoms with van der Waals surface area (Å²) in [5.41, 5.74) is 7.67. The Kier molecular flexibility index (Phi) is 3.51. The fraction of sp³-hybridized carbons (Fsp3) is 0.417. The van der Waals surface area contributed by atoms with Gasteiger partial charge in [0.15, 0.2) is 0 Å². The number of nitrogens with two attached hydrogens (primary N) is 1. The summed E-state index contributed by atoms with van der Waals surface area (Å²) in [4.78, 5) is 15.0. The molecule has 1 aliphatic rings. The second-order valence-electron chi connectivity index (χ2n) is 3.90. The minimum absolute atomic E-state index is 0.134. The van der Waals surface area contributed by atoms with Gasteiger partial charge in [-0.2, -0.15) is 0 Å². The van der Waals surface area contributed by atoms with Gasteiger partial charge in [-0.3, -0.25) is 4.79 Å². The van der Waals surface area contributed by atoms with Crippen molar-refractivity contribution in [3.63, 3.8) is 0 Å². The zero-order chi connectivity index (χ0) is 11.5. The van der Waals surface area contributed by atoms with Gasteiger partial charge >= 0.3 is 0 Å². The molecule has 0 saturated carbocycles. The predicted octanol–water partition coefficient (Wildman–Crippen LogP) is 1.78. The Hall–Kier alpha value is -1.000. The summed E-state index contributed by atoms with van der Waals surface area (Å²) in [6.07, 6.45) is 0.429. The number of thioether (sulfide) groups is 1. The van der Waals surface area contributed by atoms with Crippen LogP contribution in [0.3, 0.4) is 0 Å². The maximum atomic E-state index is 11.9. The Bertz CT molecular complexity index is 406. The molecule has 0 fully saturated rings.